The van der Waals surface area contributed by atoms with E-state index in [9.17, 15) is 0 Å². The highest BCUT2D eigenvalue weighted by molar-refractivity contribution is 7.09. The average Bonchev–Trinajstić information content (AvgIpc) is 2.95. The second kappa shape index (κ2) is 5.82. The van der Waals surface area contributed by atoms with Crippen LogP contribution in [0.4, 0.5) is 0 Å². The highest BCUT2D eigenvalue weighted by Crippen LogP contribution is 2.25. The molecule has 1 atom stereocenters. The largest absolute Gasteiger partial charge is 0.297 e. The highest BCUT2D eigenvalue weighted by atomic mass is 32.1. The van der Waals surface area contributed by atoms with E-state index in [2.05, 4.69) is 52.2 Å². The van der Waals surface area contributed by atoms with Crippen LogP contribution in [-0.4, -0.2) is 41.5 Å². The van der Waals surface area contributed by atoms with Crippen molar-refractivity contribution in [3.8, 4) is 0 Å². The van der Waals surface area contributed by atoms with Gasteiger partial charge in [0.1, 0.15) is 0 Å². The van der Waals surface area contributed by atoms with Gasteiger partial charge in [0.25, 0.3) is 0 Å². The fourth-order valence-electron chi connectivity index (χ4n) is 2.65. The predicted molar refractivity (Wildman–Crippen MR) is 79.2 cm³/mol. The van der Waals surface area contributed by atoms with Gasteiger partial charge in [-0.3, -0.25) is 14.8 Å². The number of aromatic nitrogens is 1. The van der Waals surface area contributed by atoms with Crippen LogP contribution in [0.1, 0.15) is 16.5 Å². The molecule has 0 aliphatic carbocycles. The Morgan fingerprint density at radius 1 is 1.26 bits per heavy atom. The molecule has 100 valence electrons. The van der Waals surface area contributed by atoms with Crippen LogP contribution in [0, 0.1) is 0 Å². The zero-order valence-corrected chi connectivity index (χ0v) is 12.0. The Labute approximate surface area is 118 Å². The maximum Gasteiger partial charge on any atom is 0.0794 e. The van der Waals surface area contributed by atoms with Gasteiger partial charge in [0.05, 0.1) is 5.51 Å². The lowest BCUT2D eigenvalue weighted by molar-refractivity contribution is 0.0912. The maximum absolute atomic E-state index is 4.16. The standard InChI is InChI=1S/C15H19N3S/c1-17-7-8-18(10-14-9-16-12-19-14)11-15(17)13-5-3-2-4-6-13/h2-6,9,12,15H,7-8,10-11H2,1H3/t15-/m0/s1. The van der Waals surface area contributed by atoms with E-state index in [0.29, 0.717) is 6.04 Å². The fraction of sp³-hybridized carbons (Fsp3) is 0.400. The number of rotatable bonds is 3. The third-order valence-corrected chi connectivity index (χ3v) is 4.54. The van der Waals surface area contributed by atoms with Gasteiger partial charge >= 0.3 is 0 Å². The molecule has 0 amide bonds. The molecule has 2 aromatic rings. The van der Waals surface area contributed by atoms with Gasteiger partial charge in [-0.25, -0.2) is 0 Å². The van der Waals surface area contributed by atoms with Crippen molar-refractivity contribution >= 4 is 11.3 Å². The van der Waals surface area contributed by atoms with E-state index in [0.717, 1.165) is 26.2 Å². The minimum atomic E-state index is 0.503. The van der Waals surface area contributed by atoms with Crippen LogP contribution in [0.3, 0.4) is 0 Å². The van der Waals surface area contributed by atoms with E-state index in [1.54, 1.807) is 11.3 Å². The molecule has 1 fully saturated rings. The highest BCUT2D eigenvalue weighted by Gasteiger charge is 2.25. The first-order chi connectivity index (χ1) is 9.33. The first-order valence-corrected chi connectivity index (χ1v) is 7.56. The van der Waals surface area contributed by atoms with Crippen LogP contribution < -0.4 is 0 Å². The summed E-state index contributed by atoms with van der Waals surface area (Å²) in [5.41, 5.74) is 3.33. The summed E-state index contributed by atoms with van der Waals surface area (Å²) < 4.78 is 0. The summed E-state index contributed by atoms with van der Waals surface area (Å²) in [4.78, 5) is 10.5. The van der Waals surface area contributed by atoms with Crippen LogP contribution in [0.5, 0.6) is 0 Å². The Bertz CT molecular complexity index is 497. The molecule has 1 aromatic carbocycles. The molecule has 3 rings (SSSR count). The molecule has 2 heterocycles. The summed E-state index contributed by atoms with van der Waals surface area (Å²) in [5, 5.41) is 0. The molecular formula is C15H19N3S. The van der Waals surface area contributed by atoms with E-state index in [4.69, 9.17) is 0 Å². The minimum Gasteiger partial charge on any atom is -0.297 e. The molecule has 3 nitrogen and oxygen atoms in total. The quantitative estimate of drug-likeness (QED) is 0.857. The van der Waals surface area contributed by atoms with Gasteiger partial charge in [-0.05, 0) is 12.6 Å². The smallest absolute Gasteiger partial charge is 0.0794 e. The van der Waals surface area contributed by atoms with Gasteiger partial charge < -0.3 is 0 Å². The van der Waals surface area contributed by atoms with Crippen molar-refractivity contribution in [2.45, 2.75) is 12.6 Å². The molecule has 0 N–H and O–H groups in total. The van der Waals surface area contributed by atoms with Crippen molar-refractivity contribution in [1.82, 2.24) is 14.8 Å². The van der Waals surface area contributed by atoms with Gasteiger partial charge in [-0.1, -0.05) is 30.3 Å². The lowest BCUT2D eigenvalue weighted by Gasteiger charge is -2.39. The van der Waals surface area contributed by atoms with E-state index in [1.807, 2.05) is 11.7 Å². The van der Waals surface area contributed by atoms with E-state index >= 15 is 0 Å². The summed E-state index contributed by atoms with van der Waals surface area (Å²) in [7, 11) is 2.22. The van der Waals surface area contributed by atoms with E-state index < -0.39 is 0 Å². The number of nitrogens with zero attached hydrogens (tertiary/aromatic N) is 3. The molecule has 1 saturated heterocycles. The molecule has 1 aromatic heterocycles. The van der Waals surface area contributed by atoms with Crippen molar-refractivity contribution in [3.63, 3.8) is 0 Å². The van der Waals surface area contributed by atoms with Gasteiger partial charge in [-0.15, -0.1) is 11.3 Å². The zero-order valence-electron chi connectivity index (χ0n) is 11.2. The second-order valence-electron chi connectivity index (χ2n) is 5.11. The lowest BCUT2D eigenvalue weighted by Crippen LogP contribution is -2.46. The van der Waals surface area contributed by atoms with Crippen LogP contribution >= 0.6 is 11.3 Å². The molecule has 1 aliphatic rings. The van der Waals surface area contributed by atoms with Crippen molar-refractivity contribution in [1.29, 1.82) is 0 Å². The van der Waals surface area contributed by atoms with Crippen LogP contribution in [0.2, 0.25) is 0 Å². The Kier molecular flexibility index (Phi) is 3.92. The Morgan fingerprint density at radius 2 is 2.11 bits per heavy atom. The summed E-state index contributed by atoms with van der Waals surface area (Å²) in [6.07, 6.45) is 1.99. The Morgan fingerprint density at radius 3 is 2.84 bits per heavy atom. The van der Waals surface area contributed by atoms with Crippen LogP contribution in [0.15, 0.2) is 42.0 Å². The second-order valence-corrected chi connectivity index (χ2v) is 6.08. The van der Waals surface area contributed by atoms with Crippen molar-refractivity contribution < 1.29 is 0 Å². The van der Waals surface area contributed by atoms with Crippen LogP contribution in [0.25, 0.3) is 0 Å². The summed E-state index contributed by atoms with van der Waals surface area (Å²) >= 11 is 1.75. The third-order valence-electron chi connectivity index (χ3n) is 3.78. The molecule has 0 unspecified atom stereocenters. The number of hydrogen-bond donors (Lipinski definition) is 0. The number of benzene rings is 1. The number of piperazine rings is 1. The molecule has 1 aliphatic heterocycles. The first-order valence-electron chi connectivity index (χ1n) is 6.68. The lowest BCUT2D eigenvalue weighted by atomic mass is 10.0. The number of likely N-dealkylation sites (N-methyl/N-ethyl adjacent to an activating group) is 1. The summed E-state index contributed by atoms with van der Waals surface area (Å²) in [6.45, 7) is 4.39. The fourth-order valence-corrected chi connectivity index (χ4v) is 3.29. The van der Waals surface area contributed by atoms with Gasteiger partial charge in [0.15, 0.2) is 0 Å². The average molecular weight is 273 g/mol. The maximum atomic E-state index is 4.16. The monoisotopic (exact) mass is 273 g/mol. The molecule has 4 heteroatoms. The minimum absolute atomic E-state index is 0.503. The normalized spacial score (nSPS) is 21.6. The summed E-state index contributed by atoms with van der Waals surface area (Å²) in [6, 6.07) is 11.3. The molecule has 0 radical (unpaired) electrons. The number of thiazole rings is 1. The van der Waals surface area contributed by atoms with Crippen molar-refractivity contribution in [3.05, 3.63) is 52.5 Å². The van der Waals surface area contributed by atoms with Crippen molar-refractivity contribution in [2.75, 3.05) is 26.7 Å². The van der Waals surface area contributed by atoms with Crippen molar-refractivity contribution in [2.24, 2.45) is 0 Å². The van der Waals surface area contributed by atoms with Gasteiger partial charge in [0, 0.05) is 43.3 Å². The van der Waals surface area contributed by atoms with E-state index in [-0.39, 0.29) is 0 Å². The first kappa shape index (κ1) is 12.8. The molecule has 0 bridgehead atoms. The Balaban J connectivity index is 1.70. The van der Waals surface area contributed by atoms with Crippen LogP contribution in [-0.2, 0) is 6.54 Å². The predicted octanol–water partition coefficient (Wildman–Crippen LogP) is 2.63. The van der Waals surface area contributed by atoms with Gasteiger partial charge in [-0.2, -0.15) is 0 Å². The van der Waals surface area contributed by atoms with E-state index in [1.165, 1.54) is 10.4 Å². The Hall–Kier alpha value is -1.23. The topological polar surface area (TPSA) is 19.4 Å². The summed E-state index contributed by atoms with van der Waals surface area (Å²) in [5.74, 6) is 0. The van der Waals surface area contributed by atoms with Gasteiger partial charge in [0.2, 0.25) is 0 Å². The SMILES string of the molecule is CN1CCN(Cc2cncs2)C[C@H]1c1ccccc1. The third kappa shape index (κ3) is 3.03. The molecule has 0 saturated carbocycles. The zero-order chi connectivity index (χ0) is 13.1. The number of hydrogen-bond acceptors (Lipinski definition) is 4. The molecular weight excluding hydrogens is 254 g/mol. The molecule has 19 heavy (non-hydrogen) atoms. The molecule has 0 spiro atoms.